The minimum absolute atomic E-state index is 0.152. The Bertz CT molecular complexity index is 442. The molecule has 6 nitrogen and oxygen atoms in total. The number of thioether (sulfide) groups is 1. The normalized spacial score (nSPS) is 27.6. The summed E-state index contributed by atoms with van der Waals surface area (Å²) in [4.78, 5) is 11.0. The van der Waals surface area contributed by atoms with Gasteiger partial charge in [-0.1, -0.05) is 6.92 Å². The fraction of sp³-hybridized carbons (Fsp3) is 0.778. The quantitative estimate of drug-likeness (QED) is 0.802. The Morgan fingerprint density at radius 3 is 2.71 bits per heavy atom. The maximum Gasteiger partial charge on any atom is 0.322 e. The molecule has 1 heterocycles. The lowest BCUT2D eigenvalue weighted by atomic mass is 10.3. The van der Waals surface area contributed by atoms with E-state index in [1.807, 2.05) is 0 Å². The summed E-state index contributed by atoms with van der Waals surface area (Å²) in [5.41, 5.74) is 0. The van der Waals surface area contributed by atoms with Crippen LogP contribution < -0.4 is 0 Å². The molecule has 0 aromatic rings. The van der Waals surface area contributed by atoms with Crippen LogP contribution in [0.5, 0.6) is 0 Å². The Morgan fingerprint density at radius 1 is 1.71 bits per heavy atom. The van der Waals surface area contributed by atoms with Crippen LogP contribution >= 0.6 is 11.8 Å². The van der Waals surface area contributed by atoms with Gasteiger partial charge in [0, 0.05) is 5.75 Å². The Labute approximate surface area is 105 Å². The summed E-state index contributed by atoms with van der Waals surface area (Å²) in [6.07, 6.45) is 0.152. The molecule has 17 heavy (non-hydrogen) atoms. The SMILES string of the molecule is CCC(C#N)S(=O)(=O)N1C(C)SCC1C(=O)O. The van der Waals surface area contributed by atoms with E-state index in [2.05, 4.69) is 0 Å². The van der Waals surface area contributed by atoms with E-state index < -0.39 is 32.7 Å². The van der Waals surface area contributed by atoms with Crippen molar-refractivity contribution in [1.82, 2.24) is 4.31 Å². The Morgan fingerprint density at radius 2 is 2.29 bits per heavy atom. The summed E-state index contributed by atoms with van der Waals surface area (Å²) in [6.45, 7) is 3.23. The zero-order valence-corrected chi connectivity index (χ0v) is 11.2. The number of carboxylic acid groups (broad SMARTS) is 1. The van der Waals surface area contributed by atoms with Gasteiger partial charge in [-0.2, -0.15) is 9.57 Å². The molecule has 0 aromatic carbocycles. The van der Waals surface area contributed by atoms with E-state index in [1.54, 1.807) is 19.9 Å². The highest BCUT2D eigenvalue weighted by molar-refractivity contribution is 8.01. The van der Waals surface area contributed by atoms with Crippen molar-refractivity contribution < 1.29 is 18.3 Å². The van der Waals surface area contributed by atoms with Gasteiger partial charge in [0.2, 0.25) is 10.0 Å². The second kappa shape index (κ2) is 5.25. The minimum atomic E-state index is -3.87. The number of carbonyl (C=O) groups is 1. The van der Waals surface area contributed by atoms with E-state index in [9.17, 15) is 13.2 Å². The molecule has 0 bridgehead atoms. The second-order valence-electron chi connectivity index (χ2n) is 3.69. The molecule has 0 spiro atoms. The molecule has 0 aliphatic carbocycles. The molecule has 1 fully saturated rings. The zero-order valence-electron chi connectivity index (χ0n) is 9.53. The third-order valence-electron chi connectivity index (χ3n) is 2.61. The predicted octanol–water partition coefficient (Wildman–Crippen LogP) is 0.466. The summed E-state index contributed by atoms with van der Waals surface area (Å²) < 4.78 is 25.2. The average molecular weight is 278 g/mol. The molecule has 0 radical (unpaired) electrons. The van der Waals surface area contributed by atoms with Crippen LogP contribution in [0.25, 0.3) is 0 Å². The number of hydrogen-bond acceptors (Lipinski definition) is 5. The number of rotatable bonds is 4. The van der Waals surface area contributed by atoms with Crippen molar-refractivity contribution in [3.05, 3.63) is 0 Å². The standard InChI is InChI=1S/C9H14N2O4S2/c1-3-7(4-10)17(14,15)11-6(2)16-5-8(11)9(12)13/h6-8H,3,5H2,1-2H3,(H,12,13). The van der Waals surface area contributed by atoms with E-state index in [4.69, 9.17) is 10.4 Å². The lowest BCUT2D eigenvalue weighted by molar-refractivity contribution is -0.140. The third kappa shape index (κ3) is 2.56. The molecular formula is C9H14N2O4S2. The van der Waals surface area contributed by atoms with Gasteiger partial charge < -0.3 is 5.11 Å². The predicted molar refractivity (Wildman–Crippen MR) is 63.8 cm³/mol. The highest BCUT2D eigenvalue weighted by atomic mass is 32.2. The Balaban J connectivity index is 3.12. The van der Waals surface area contributed by atoms with Gasteiger partial charge in [0.05, 0.1) is 11.4 Å². The number of aliphatic carboxylic acids is 1. The third-order valence-corrected chi connectivity index (χ3v) is 6.28. The number of sulfonamides is 1. The van der Waals surface area contributed by atoms with Crippen molar-refractivity contribution >= 4 is 27.8 Å². The van der Waals surface area contributed by atoms with Crippen LogP contribution in [-0.4, -0.2) is 46.2 Å². The topological polar surface area (TPSA) is 98.5 Å². The summed E-state index contributed by atoms with van der Waals surface area (Å²) in [6, 6.07) is 0.650. The molecule has 1 aliphatic rings. The van der Waals surface area contributed by atoms with Crippen LogP contribution in [0, 0.1) is 11.3 Å². The van der Waals surface area contributed by atoms with Crippen molar-refractivity contribution in [2.45, 2.75) is 36.9 Å². The largest absolute Gasteiger partial charge is 0.480 e. The molecule has 1 N–H and O–H groups in total. The fourth-order valence-corrected chi connectivity index (χ4v) is 5.19. The Hall–Kier alpha value is -0.780. The molecule has 1 saturated heterocycles. The molecule has 96 valence electrons. The van der Waals surface area contributed by atoms with Crippen LogP contribution in [0.15, 0.2) is 0 Å². The molecule has 0 saturated carbocycles. The van der Waals surface area contributed by atoms with Crippen molar-refractivity contribution in [1.29, 1.82) is 5.26 Å². The summed E-state index contributed by atoms with van der Waals surface area (Å²) in [7, 11) is -3.87. The molecule has 8 heteroatoms. The average Bonchev–Trinajstić information content (AvgIpc) is 2.62. The van der Waals surface area contributed by atoms with Gasteiger partial charge in [-0.25, -0.2) is 8.42 Å². The molecular weight excluding hydrogens is 264 g/mol. The molecule has 1 aliphatic heterocycles. The van der Waals surface area contributed by atoms with Gasteiger partial charge in [-0.15, -0.1) is 11.8 Å². The first-order valence-electron chi connectivity index (χ1n) is 5.12. The number of carboxylic acids is 1. The molecule has 0 aromatic heterocycles. The zero-order chi connectivity index (χ0) is 13.2. The molecule has 3 atom stereocenters. The maximum atomic E-state index is 12.1. The van der Waals surface area contributed by atoms with Crippen LogP contribution in [0.4, 0.5) is 0 Å². The first-order chi connectivity index (χ1) is 7.86. The lowest BCUT2D eigenvalue weighted by Crippen LogP contribution is -2.48. The Kier molecular flexibility index (Phi) is 4.41. The summed E-state index contributed by atoms with van der Waals surface area (Å²) in [5.74, 6) is -0.948. The maximum absolute atomic E-state index is 12.1. The first kappa shape index (κ1) is 14.3. The highest BCUT2D eigenvalue weighted by Gasteiger charge is 2.46. The number of hydrogen-bond donors (Lipinski definition) is 1. The van der Waals surface area contributed by atoms with Gasteiger partial charge in [0.25, 0.3) is 0 Å². The van der Waals surface area contributed by atoms with Crippen LogP contribution in [0.2, 0.25) is 0 Å². The van der Waals surface area contributed by atoms with E-state index in [1.165, 1.54) is 11.8 Å². The molecule has 1 rings (SSSR count). The van der Waals surface area contributed by atoms with Crippen LogP contribution in [0.3, 0.4) is 0 Å². The highest BCUT2D eigenvalue weighted by Crippen LogP contribution is 2.33. The molecule has 3 unspecified atom stereocenters. The number of nitriles is 1. The monoisotopic (exact) mass is 278 g/mol. The van der Waals surface area contributed by atoms with Crippen molar-refractivity contribution in [3.8, 4) is 6.07 Å². The van der Waals surface area contributed by atoms with Gasteiger partial charge >= 0.3 is 5.97 Å². The van der Waals surface area contributed by atoms with Gasteiger partial charge in [-0.3, -0.25) is 4.79 Å². The molecule has 0 amide bonds. The number of nitrogens with zero attached hydrogens (tertiary/aromatic N) is 2. The van der Waals surface area contributed by atoms with Crippen molar-refractivity contribution in [2.24, 2.45) is 0 Å². The van der Waals surface area contributed by atoms with Gasteiger partial charge in [0.15, 0.2) is 5.25 Å². The van der Waals surface area contributed by atoms with Crippen molar-refractivity contribution in [2.75, 3.05) is 5.75 Å². The first-order valence-corrected chi connectivity index (χ1v) is 7.67. The smallest absolute Gasteiger partial charge is 0.322 e. The van der Waals surface area contributed by atoms with E-state index in [0.29, 0.717) is 0 Å². The fourth-order valence-electron chi connectivity index (χ4n) is 1.71. The van der Waals surface area contributed by atoms with Gasteiger partial charge in [-0.05, 0) is 13.3 Å². The van der Waals surface area contributed by atoms with Crippen LogP contribution in [0.1, 0.15) is 20.3 Å². The summed E-state index contributed by atoms with van der Waals surface area (Å²) in [5, 5.41) is 16.2. The lowest BCUT2D eigenvalue weighted by Gasteiger charge is -2.25. The van der Waals surface area contributed by atoms with Crippen LogP contribution in [-0.2, 0) is 14.8 Å². The van der Waals surface area contributed by atoms with Crippen molar-refractivity contribution in [3.63, 3.8) is 0 Å². The minimum Gasteiger partial charge on any atom is -0.480 e. The van der Waals surface area contributed by atoms with Gasteiger partial charge in [0.1, 0.15) is 6.04 Å². The van der Waals surface area contributed by atoms with E-state index in [0.717, 1.165) is 4.31 Å². The van der Waals surface area contributed by atoms with E-state index in [-0.39, 0.29) is 12.2 Å². The van der Waals surface area contributed by atoms with E-state index >= 15 is 0 Å². The summed E-state index contributed by atoms with van der Waals surface area (Å²) >= 11 is 1.26. The second-order valence-corrected chi connectivity index (χ2v) is 7.06.